The van der Waals surface area contributed by atoms with Gasteiger partial charge in [0.15, 0.2) is 5.82 Å². The van der Waals surface area contributed by atoms with Crippen LogP contribution in [0.25, 0.3) is 11.4 Å². The molecular formula is C16H14BrF2N3O3. The Morgan fingerprint density at radius 2 is 2.16 bits per heavy atom. The second-order valence-electron chi connectivity index (χ2n) is 5.83. The number of ether oxygens (including phenoxy) is 2. The van der Waals surface area contributed by atoms with Crippen molar-refractivity contribution < 1.29 is 23.0 Å². The molecule has 1 aromatic carbocycles. The molecule has 2 aromatic rings. The van der Waals surface area contributed by atoms with Crippen molar-refractivity contribution in [3.05, 3.63) is 28.4 Å². The third kappa shape index (κ3) is 2.57. The number of imidazole rings is 1. The van der Waals surface area contributed by atoms with Gasteiger partial charge in [0, 0.05) is 4.47 Å². The summed E-state index contributed by atoms with van der Waals surface area (Å²) < 4.78 is 39.9. The first-order valence-electron chi connectivity index (χ1n) is 7.71. The topological polar surface area (TPSA) is 56.6 Å². The largest absolute Gasteiger partial charge is 0.491 e. The van der Waals surface area contributed by atoms with Crippen LogP contribution in [0.2, 0.25) is 0 Å². The van der Waals surface area contributed by atoms with Gasteiger partial charge in [-0.2, -0.15) is 0 Å². The number of nitrogens with zero attached hydrogens (tertiary/aromatic N) is 3. The summed E-state index contributed by atoms with van der Waals surface area (Å²) in [6.07, 6.45) is -3.51. The van der Waals surface area contributed by atoms with Gasteiger partial charge in [0.2, 0.25) is 0 Å². The Bertz CT molecular complexity index is 855. The number of cyclic esters (lactones) is 1. The third-order valence-electron chi connectivity index (χ3n) is 4.38. The maximum Gasteiger partial charge on any atom is 0.416 e. The Kier molecular flexibility index (Phi) is 3.90. The second-order valence-corrected chi connectivity index (χ2v) is 6.75. The minimum atomic E-state index is -2.71. The summed E-state index contributed by atoms with van der Waals surface area (Å²) in [5.41, 5.74) is 1.37. The molecule has 0 spiro atoms. The van der Waals surface area contributed by atoms with Gasteiger partial charge in [0.25, 0.3) is 6.43 Å². The number of alkyl halides is 2. The monoisotopic (exact) mass is 413 g/mol. The Morgan fingerprint density at radius 3 is 2.92 bits per heavy atom. The first-order chi connectivity index (χ1) is 12.0. The van der Waals surface area contributed by atoms with E-state index in [4.69, 9.17) is 9.47 Å². The number of benzene rings is 1. The highest BCUT2D eigenvalue weighted by molar-refractivity contribution is 9.10. The van der Waals surface area contributed by atoms with Crippen molar-refractivity contribution in [3.8, 4) is 17.1 Å². The summed E-state index contributed by atoms with van der Waals surface area (Å²) in [5, 5.41) is 0. The molecule has 3 heterocycles. The summed E-state index contributed by atoms with van der Waals surface area (Å²) in [5.74, 6) is 1.44. The lowest BCUT2D eigenvalue weighted by molar-refractivity contribution is 0.104. The molecule has 4 rings (SSSR count). The Morgan fingerprint density at radius 1 is 1.36 bits per heavy atom. The van der Waals surface area contributed by atoms with E-state index in [1.807, 2.05) is 22.8 Å². The normalized spacial score (nSPS) is 19.3. The summed E-state index contributed by atoms with van der Waals surface area (Å²) in [4.78, 5) is 17.5. The van der Waals surface area contributed by atoms with Crippen molar-refractivity contribution in [2.75, 3.05) is 18.1 Å². The summed E-state index contributed by atoms with van der Waals surface area (Å²) in [6, 6.07) is 4.21. The number of hydrogen-bond donors (Lipinski definition) is 0. The predicted molar refractivity (Wildman–Crippen MR) is 89.2 cm³/mol. The van der Waals surface area contributed by atoms with E-state index < -0.39 is 18.6 Å². The molecule has 1 unspecified atom stereocenters. The molecule has 1 amide bonds. The first kappa shape index (κ1) is 16.3. The van der Waals surface area contributed by atoms with Crippen LogP contribution in [0.1, 0.15) is 5.69 Å². The van der Waals surface area contributed by atoms with E-state index in [-0.39, 0.29) is 12.4 Å². The van der Waals surface area contributed by atoms with Crippen molar-refractivity contribution in [1.29, 1.82) is 0 Å². The maximum absolute atomic E-state index is 13.3. The lowest BCUT2D eigenvalue weighted by atomic mass is 10.2. The molecule has 1 saturated heterocycles. The van der Waals surface area contributed by atoms with Crippen molar-refractivity contribution in [1.82, 2.24) is 9.55 Å². The molecule has 132 valence electrons. The van der Waals surface area contributed by atoms with Crippen LogP contribution in [0.3, 0.4) is 0 Å². The zero-order valence-corrected chi connectivity index (χ0v) is 14.8. The van der Waals surface area contributed by atoms with Gasteiger partial charge in [-0.1, -0.05) is 15.9 Å². The van der Waals surface area contributed by atoms with E-state index >= 15 is 0 Å². The van der Waals surface area contributed by atoms with Crippen LogP contribution in [0.5, 0.6) is 5.75 Å². The van der Waals surface area contributed by atoms with Crippen molar-refractivity contribution in [3.63, 3.8) is 0 Å². The molecule has 0 aliphatic carbocycles. The highest BCUT2D eigenvalue weighted by Gasteiger charge is 2.43. The number of carbonyl (C=O) groups excluding carboxylic acids is 1. The zero-order chi connectivity index (χ0) is 17.7. The molecule has 2 aliphatic heterocycles. The van der Waals surface area contributed by atoms with Crippen molar-refractivity contribution >= 4 is 27.8 Å². The molecule has 0 radical (unpaired) electrons. The molecule has 1 fully saturated rings. The first-order valence-corrected chi connectivity index (χ1v) is 8.50. The number of amides is 1. The molecule has 0 saturated carbocycles. The molecule has 9 heteroatoms. The number of fused-ring (bicyclic) bond motifs is 3. The predicted octanol–water partition coefficient (Wildman–Crippen LogP) is 3.60. The number of anilines is 1. The molecular weight excluding hydrogens is 400 g/mol. The standard InChI is InChI=1S/C16H14BrF2N3O3/c1-8-14(22-11(13(18)19)7-25-16(22)23)20-15-10-3-2-9(17)6-12(10)24-5-4-21(8)15/h2-3,6,11,13H,4-5,7H2,1H3. The highest BCUT2D eigenvalue weighted by atomic mass is 79.9. The maximum atomic E-state index is 13.3. The fourth-order valence-corrected chi connectivity index (χ4v) is 3.48. The summed E-state index contributed by atoms with van der Waals surface area (Å²) in [7, 11) is 0. The highest BCUT2D eigenvalue weighted by Crippen LogP contribution is 2.38. The van der Waals surface area contributed by atoms with Crippen LogP contribution in [-0.4, -0.2) is 41.3 Å². The molecule has 2 aliphatic rings. The van der Waals surface area contributed by atoms with E-state index in [1.54, 1.807) is 6.92 Å². The van der Waals surface area contributed by atoms with Crippen LogP contribution >= 0.6 is 15.9 Å². The number of rotatable bonds is 2. The van der Waals surface area contributed by atoms with Crippen LogP contribution in [0, 0.1) is 6.92 Å². The summed E-state index contributed by atoms with van der Waals surface area (Å²) >= 11 is 3.40. The van der Waals surface area contributed by atoms with Gasteiger partial charge in [-0.15, -0.1) is 0 Å². The molecule has 1 aromatic heterocycles. The summed E-state index contributed by atoms with van der Waals surface area (Å²) in [6.45, 7) is 2.33. The zero-order valence-electron chi connectivity index (χ0n) is 13.2. The van der Waals surface area contributed by atoms with Gasteiger partial charge in [-0.25, -0.2) is 23.5 Å². The minimum absolute atomic E-state index is 0.207. The molecule has 1 atom stereocenters. The Balaban J connectivity index is 1.85. The van der Waals surface area contributed by atoms with Gasteiger partial charge in [-0.05, 0) is 25.1 Å². The number of halogens is 3. The SMILES string of the molecule is Cc1c(N2C(=O)OCC2C(F)F)nc2n1CCOc1cc(Br)ccc1-2. The smallest absolute Gasteiger partial charge is 0.416 e. The molecule has 6 nitrogen and oxygen atoms in total. The van der Waals surface area contributed by atoms with Gasteiger partial charge in [-0.3, -0.25) is 0 Å². The number of hydrogen-bond acceptors (Lipinski definition) is 4. The van der Waals surface area contributed by atoms with Gasteiger partial charge in [0.1, 0.15) is 30.8 Å². The lowest BCUT2D eigenvalue weighted by Crippen LogP contribution is -2.39. The van der Waals surface area contributed by atoms with Crippen LogP contribution in [0.4, 0.5) is 19.4 Å². The average Bonchev–Trinajstić information content (AvgIpc) is 3.03. The fourth-order valence-electron chi connectivity index (χ4n) is 3.14. The Labute approximate surface area is 150 Å². The third-order valence-corrected chi connectivity index (χ3v) is 4.87. The van der Waals surface area contributed by atoms with Crippen LogP contribution in [-0.2, 0) is 11.3 Å². The van der Waals surface area contributed by atoms with Gasteiger partial charge < -0.3 is 14.0 Å². The molecule has 0 N–H and O–H groups in total. The van der Waals surface area contributed by atoms with Crippen molar-refractivity contribution in [2.45, 2.75) is 25.9 Å². The van der Waals surface area contributed by atoms with Gasteiger partial charge in [0.05, 0.1) is 17.8 Å². The second kappa shape index (κ2) is 5.98. The average molecular weight is 414 g/mol. The van der Waals surface area contributed by atoms with Gasteiger partial charge >= 0.3 is 6.09 Å². The van der Waals surface area contributed by atoms with Crippen molar-refractivity contribution in [2.24, 2.45) is 0 Å². The quantitative estimate of drug-likeness (QED) is 0.754. The molecule has 0 bridgehead atoms. The lowest BCUT2D eigenvalue weighted by Gasteiger charge is -2.19. The van der Waals surface area contributed by atoms with E-state index in [0.29, 0.717) is 30.4 Å². The van der Waals surface area contributed by atoms with Crippen LogP contribution < -0.4 is 9.64 Å². The molecule has 25 heavy (non-hydrogen) atoms. The minimum Gasteiger partial charge on any atom is -0.491 e. The van der Waals surface area contributed by atoms with E-state index in [0.717, 1.165) is 14.9 Å². The number of carbonyl (C=O) groups is 1. The number of aromatic nitrogens is 2. The Hall–Kier alpha value is -2.16. The van der Waals surface area contributed by atoms with E-state index in [9.17, 15) is 13.6 Å². The fraction of sp³-hybridized carbons (Fsp3) is 0.375. The van der Waals surface area contributed by atoms with E-state index in [2.05, 4.69) is 20.9 Å². The van der Waals surface area contributed by atoms with Crippen LogP contribution in [0.15, 0.2) is 22.7 Å². The van der Waals surface area contributed by atoms with E-state index in [1.165, 1.54) is 0 Å².